The standard InChI is InChI=1S/C49H29N3O/c1-2-14-32(15-3-1)47-50-48(52-49(51-47)42-29-35-27-25-31-13-6-7-17-36(31)44(35)39-19-9-8-18-38(39)42)41-22-11-23-43-45(41)40-21-10-20-37(46(40)53-43)34-26-24-30-12-4-5-16-33(30)28-34/h1-29H. The number of rotatable bonds is 4. The molecule has 4 nitrogen and oxygen atoms in total. The van der Waals surface area contributed by atoms with E-state index in [1.54, 1.807) is 0 Å². The van der Waals surface area contributed by atoms with E-state index in [0.29, 0.717) is 17.5 Å². The number of fused-ring (bicyclic) bond motifs is 9. The molecule has 246 valence electrons. The van der Waals surface area contributed by atoms with Gasteiger partial charge in [0.15, 0.2) is 17.5 Å². The quantitative estimate of drug-likeness (QED) is 0.174. The van der Waals surface area contributed by atoms with Crippen molar-refractivity contribution in [1.29, 1.82) is 0 Å². The average Bonchev–Trinajstić information content (AvgIpc) is 3.62. The molecule has 0 saturated carbocycles. The van der Waals surface area contributed by atoms with Crippen LogP contribution in [0.2, 0.25) is 0 Å². The monoisotopic (exact) mass is 675 g/mol. The maximum absolute atomic E-state index is 6.71. The second kappa shape index (κ2) is 11.7. The average molecular weight is 676 g/mol. The summed E-state index contributed by atoms with van der Waals surface area (Å²) < 4.78 is 6.71. The third-order valence-electron chi connectivity index (χ3n) is 10.5. The molecule has 11 rings (SSSR count). The summed E-state index contributed by atoms with van der Waals surface area (Å²) in [6.45, 7) is 0. The van der Waals surface area contributed by atoms with Crippen molar-refractivity contribution in [2.45, 2.75) is 0 Å². The first-order valence-corrected chi connectivity index (χ1v) is 17.9. The summed E-state index contributed by atoms with van der Waals surface area (Å²) in [5, 5.41) is 11.5. The molecule has 0 aliphatic carbocycles. The van der Waals surface area contributed by atoms with Crippen LogP contribution in [-0.4, -0.2) is 15.0 Å². The lowest BCUT2D eigenvalue weighted by Crippen LogP contribution is -2.01. The second-order valence-corrected chi connectivity index (χ2v) is 13.6. The summed E-state index contributed by atoms with van der Waals surface area (Å²) in [7, 11) is 0. The Bertz CT molecular complexity index is 3240. The van der Waals surface area contributed by atoms with Crippen molar-refractivity contribution in [1.82, 2.24) is 15.0 Å². The SMILES string of the molecule is c1ccc(-c2nc(-c3cc4ccc5ccccc5c4c4ccccc34)nc(-c3cccc4oc5c(-c6ccc7ccccc7c6)cccc5c34)n2)cc1. The van der Waals surface area contributed by atoms with Crippen LogP contribution in [0.15, 0.2) is 180 Å². The van der Waals surface area contributed by atoms with E-state index in [0.717, 1.165) is 60.5 Å². The van der Waals surface area contributed by atoms with E-state index in [-0.39, 0.29) is 0 Å². The van der Waals surface area contributed by atoms with E-state index in [4.69, 9.17) is 19.4 Å². The molecule has 0 aliphatic heterocycles. The highest BCUT2D eigenvalue weighted by atomic mass is 16.3. The van der Waals surface area contributed by atoms with Crippen LogP contribution in [-0.2, 0) is 0 Å². The normalized spacial score (nSPS) is 11.8. The third kappa shape index (κ3) is 4.73. The highest BCUT2D eigenvalue weighted by molar-refractivity contribution is 6.23. The van der Waals surface area contributed by atoms with Crippen molar-refractivity contribution < 1.29 is 4.42 Å². The molecule has 0 unspecified atom stereocenters. The lowest BCUT2D eigenvalue weighted by molar-refractivity contribution is 0.670. The van der Waals surface area contributed by atoms with Gasteiger partial charge in [0.1, 0.15) is 11.2 Å². The Morgan fingerprint density at radius 1 is 0.321 bits per heavy atom. The molecule has 0 aliphatic rings. The predicted molar refractivity (Wildman–Crippen MR) is 219 cm³/mol. The van der Waals surface area contributed by atoms with Gasteiger partial charge in [-0.1, -0.05) is 158 Å². The zero-order valence-corrected chi connectivity index (χ0v) is 28.5. The van der Waals surface area contributed by atoms with Crippen molar-refractivity contribution in [3.05, 3.63) is 176 Å². The third-order valence-corrected chi connectivity index (χ3v) is 10.5. The van der Waals surface area contributed by atoms with Gasteiger partial charge < -0.3 is 4.42 Å². The Morgan fingerprint density at radius 3 is 1.81 bits per heavy atom. The van der Waals surface area contributed by atoms with E-state index in [1.165, 1.54) is 32.3 Å². The smallest absolute Gasteiger partial charge is 0.164 e. The molecule has 0 amide bonds. The van der Waals surface area contributed by atoms with Gasteiger partial charge >= 0.3 is 0 Å². The lowest BCUT2D eigenvalue weighted by atomic mass is 9.93. The molecule has 0 fully saturated rings. The van der Waals surface area contributed by atoms with E-state index < -0.39 is 0 Å². The summed E-state index contributed by atoms with van der Waals surface area (Å²) >= 11 is 0. The maximum Gasteiger partial charge on any atom is 0.164 e. The minimum absolute atomic E-state index is 0.598. The topological polar surface area (TPSA) is 51.8 Å². The van der Waals surface area contributed by atoms with Crippen molar-refractivity contribution in [2.24, 2.45) is 0 Å². The van der Waals surface area contributed by atoms with Crippen LogP contribution in [0.25, 0.3) is 110 Å². The van der Waals surface area contributed by atoms with Crippen molar-refractivity contribution in [3.63, 3.8) is 0 Å². The van der Waals surface area contributed by atoms with Crippen molar-refractivity contribution in [2.75, 3.05) is 0 Å². The first-order valence-electron chi connectivity index (χ1n) is 17.9. The largest absolute Gasteiger partial charge is 0.455 e. The van der Waals surface area contributed by atoms with Gasteiger partial charge in [-0.15, -0.1) is 0 Å². The first kappa shape index (κ1) is 29.5. The number of hydrogen-bond donors (Lipinski definition) is 0. The fourth-order valence-electron chi connectivity index (χ4n) is 8.01. The molecule has 0 saturated heterocycles. The molecule has 11 aromatic rings. The molecular formula is C49H29N3O. The minimum atomic E-state index is 0.598. The highest BCUT2D eigenvalue weighted by Gasteiger charge is 2.21. The van der Waals surface area contributed by atoms with Crippen LogP contribution >= 0.6 is 0 Å². The van der Waals surface area contributed by atoms with Gasteiger partial charge in [-0.25, -0.2) is 15.0 Å². The van der Waals surface area contributed by atoms with Crippen LogP contribution in [0.3, 0.4) is 0 Å². The van der Waals surface area contributed by atoms with E-state index in [9.17, 15) is 0 Å². The Balaban J connectivity index is 1.17. The predicted octanol–water partition coefficient (Wildman–Crippen LogP) is 13.1. The molecule has 0 N–H and O–H groups in total. The van der Waals surface area contributed by atoms with Crippen LogP contribution in [0.1, 0.15) is 0 Å². The van der Waals surface area contributed by atoms with Gasteiger partial charge in [0, 0.05) is 33.0 Å². The fraction of sp³-hybridized carbons (Fsp3) is 0. The Labute approximate surface area is 304 Å². The van der Waals surface area contributed by atoms with Gasteiger partial charge in [-0.05, 0) is 66.9 Å². The van der Waals surface area contributed by atoms with E-state index in [2.05, 4.69) is 146 Å². The van der Waals surface area contributed by atoms with Crippen LogP contribution in [0.5, 0.6) is 0 Å². The molecule has 4 heteroatoms. The fourth-order valence-corrected chi connectivity index (χ4v) is 8.01. The zero-order valence-electron chi connectivity index (χ0n) is 28.5. The molecule has 0 atom stereocenters. The molecule has 0 radical (unpaired) electrons. The highest BCUT2D eigenvalue weighted by Crippen LogP contribution is 2.42. The first-order chi connectivity index (χ1) is 26.3. The zero-order chi connectivity index (χ0) is 34.9. The number of aromatic nitrogens is 3. The number of para-hydroxylation sites is 1. The molecular weight excluding hydrogens is 647 g/mol. The Hall–Kier alpha value is -7.17. The summed E-state index contributed by atoms with van der Waals surface area (Å²) in [4.78, 5) is 15.7. The number of furan rings is 1. The van der Waals surface area contributed by atoms with E-state index >= 15 is 0 Å². The maximum atomic E-state index is 6.71. The Kier molecular flexibility index (Phi) is 6.52. The van der Waals surface area contributed by atoms with Gasteiger partial charge in [0.05, 0.1) is 0 Å². The number of hydrogen-bond acceptors (Lipinski definition) is 4. The lowest BCUT2D eigenvalue weighted by Gasteiger charge is -2.14. The summed E-state index contributed by atoms with van der Waals surface area (Å²) in [5.41, 5.74) is 6.58. The molecule has 0 bridgehead atoms. The molecule has 2 heterocycles. The Morgan fingerprint density at radius 2 is 0.943 bits per heavy atom. The van der Waals surface area contributed by atoms with Gasteiger partial charge in [-0.2, -0.15) is 0 Å². The minimum Gasteiger partial charge on any atom is -0.455 e. The van der Waals surface area contributed by atoms with Crippen LogP contribution in [0, 0.1) is 0 Å². The summed E-state index contributed by atoms with van der Waals surface area (Å²) in [6, 6.07) is 61.5. The summed E-state index contributed by atoms with van der Waals surface area (Å²) in [5.74, 6) is 1.85. The van der Waals surface area contributed by atoms with Crippen LogP contribution in [0.4, 0.5) is 0 Å². The molecule has 9 aromatic carbocycles. The molecule has 0 spiro atoms. The van der Waals surface area contributed by atoms with Crippen molar-refractivity contribution >= 4 is 65.0 Å². The van der Waals surface area contributed by atoms with Gasteiger partial charge in [-0.3, -0.25) is 0 Å². The second-order valence-electron chi connectivity index (χ2n) is 13.6. The number of nitrogens with zero attached hydrogens (tertiary/aromatic N) is 3. The summed E-state index contributed by atoms with van der Waals surface area (Å²) in [6.07, 6.45) is 0. The molecule has 53 heavy (non-hydrogen) atoms. The van der Waals surface area contributed by atoms with Gasteiger partial charge in [0.2, 0.25) is 0 Å². The van der Waals surface area contributed by atoms with Crippen LogP contribution < -0.4 is 0 Å². The van der Waals surface area contributed by atoms with E-state index in [1.807, 2.05) is 30.3 Å². The van der Waals surface area contributed by atoms with Crippen molar-refractivity contribution in [3.8, 4) is 45.3 Å². The molecule has 2 aromatic heterocycles. The van der Waals surface area contributed by atoms with Gasteiger partial charge in [0.25, 0.3) is 0 Å². The number of benzene rings is 9.